The average molecular weight is 191 g/mol. The van der Waals surface area contributed by atoms with Crippen molar-refractivity contribution >= 4 is 0 Å². The molecule has 2 rings (SSSR count). The largest absolute Gasteiger partial charge is 0.478 e. The summed E-state index contributed by atoms with van der Waals surface area (Å²) in [4.78, 5) is 2.35. The first-order chi connectivity index (χ1) is 6.70. The maximum absolute atomic E-state index is 5.69. The van der Waals surface area contributed by atoms with Gasteiger partial charge in [0.25, 0.3) is 0 Å². The Kier molecular flexibility index (Phi) is 2.46. The van der Waals surface area contributed by atoms with Gasteiger partial charge in [-0.1, -0.05) is 18.2 Å². The molecule has 0 spiro atoms. The van der Waals surface area contributed by atoms with Crippen LogP contribution in [0.4, 0.5) is 0 Å². The molecule has 0 saturated carbocycles. The zero-order valence-corrected chi connectivity index (χ0v) is 9.03. The lowest BCUT2D eigenvalue weighted by Gasteiger charge is -2.37. The van der Waals surface area contributed by atoms with Crippen LogP contribution in [0.15, 0.2) is 24.3 Å². The fourth-order valence-corrected chi connectivity index (χ4v) is 1.99. The van der Waals surface area contributed by atoms with Gasteiger partial charge >= 0.3 is 0 Å². The number of fused-ring (bicyclic) bond motifs is 1. The Morgan fingerprint density at radius 1 is 1.36 bits per heavy atom. The van der Waals surface area contributed by atoms with Crippen molar-refractivity contribution in [3.05, 3.63) is 29.8 Å². The molecular weight excluding hydrogens is 174 g/mol. The first kappa shape index (κ1) is 9.53. The molecule has 1 unspecified atom stereocenters. The minimum absolute atomic E-state index is 0.458. The minimum Gasteiger partial charge on any atom is -0.478 e. The maximum Gasteiger partial charge on any atom is 0.142 e. The second-order valence-corrected chi connectivity index (χ2v) is 4.10. The van der Waals surface area contributed by atoms with Crippen LogP contribution >= 0.6 is 0 Å². The van der Waals surface area contributed by atoms with E-state index < -0.39 is 0 Å². The molecule has 0 N–H and O–H groups in total. The number of rotatable bonds is 1. The van der Waals surface area contributed by atoms with Gasteiger partial charge in [0.1, 0.15) is 12.5 Å². The Labute approximate surface area is 85.5 Å². The van der Waals surface area contributed by atoms with E-state index in [2.05, 4.69) is 37.8 Å². The third-order valence-electron chi connectivity index (χ3n) is 2.90. The maximum atomic E-state index is 5.69. The third kappa shape index (κ3) is 1.50. The van der Waals surface area contributed by atoms with Gasteiger partial charge in [-0.2, -0.15) is 0 Å². The van der Waals surface area contributed by atoms with E-state index in [4.69, 9.17) is 4.74 Å². The lowest BCUT2D eigenvalue weighted by atomic mass is 10.0. The molecule has 0 saturated heterocycles. The highest BCUT2D eigenvalue weighted by atomic mass is 16.5. The first-order valence-corrected chi connectivity index (χ1v) is 5.17. The zero-order chi connectivity index (χ0) is 10.1. The van der Waals surface area contributed by atoms with Crippen LogP contribution in [-0.2, 0) is 0 Å². The van der Waals surface area contributed by atoms with Gasteiger partial charge in [0.15, 0.2) is 0 Å². The summed E-state index contributed by atoms with van der Waals surface area (Å²) in [6.07, 6.45) is 0. The van der Waals surface area contributed by atoms with Crippen molar-refractivity contribution in [2.45, 2.75) is 32.9 Å². The number of para-hydroxylation sites is 1. The van der Waals surface area contributed by atoms with Crippen LogP contribution < -0.4 is 4.74 Å². The molecule has 14 heavy (non-hydrogen) atoms. The van der Waals surface area contributed by atoms with Gasteiger partial charge in [-0.25, -0.2) is 0 Å². The van der Waals surface area contributed by atoms with Crippen molar-refractivity contribution in [1.82, 2.24) is 4.90 Å². The number of hydrogen-bond donors (Lipinski definition) is 0. The highest BCUT2D eigenvalue weighted by Gasteiger charge is 2.25. The molecule has 0 aliphatic carbocycles. The number of nitrogens with zero attached hydrogens (tertiary/aromatic N) is 1. The second kappa shape index (κ2) is 3.62. The van der Waals surface area contributed by atoms with E-state index in [0.29, 0.717) is 18.8 Å². The summed E-state index contributed by atoms with van der Waals surface area (Å²) < 4.78 is 5.69. The predicted octanol–water partition coefficient (Wildman–Crippen LogP) is 2.81. The zero-order valence-electron chi connectivity index (χ0n) is 9.03. The topological polar surface area (TPSA) is 12.5 Å². The molecular formula is C12H17NO. The van der Waals surface area contributed by atoms with Crippen LogP contribution in [-0.4, -0.2) is 17.7 Å². The van der Waals surface area contributed by atoms with Gasteiger partial charge in [-0.05, 0) is 26.8 Å². The normalized spacial score (nSPS) is 21.9. The molecule has 76 valence electrons. The monoisotopic (exact) mass is 191 g/mol. The molecule has 0 bridgehead atoms. The van der Waals surface area contributed by atoms with Crippen molar-refractivity contribution in [1.29, 1.82) is 0 Å². The molecule has 1 aromatic carbocycles. The van der Waals surface area contributed by atoms with Gasteiger partial charge in [-0.3, -0.25) is 4.90 Å². The number of hydrogen-bond acceptors (Lipinski definition) is 2. The highest BCUT2D eigenvalue weighted by Crippen LogP contribution is 2.34. The van der Waals surface area contributed by atoms with Crippen LogP contribution in [0.3, 0.4) is 0 Å². The van der Waals surface area contributed by atoms with Gasteiger partial charge in [0.2, 0.25) is 0 Å². The summed E-state index contributed by atoms with van der Waals surface area (Å²) >= 11 is 0. The smallest absolute Gasteiger partial charge is 0.142 e. The Morgan fingerprint density at radius 3 is 2.79 bits per heavy atom. The molecule has 1 aromatic rings. The fraction of sp³-hybridized carbons (Fsp3) is 0.500. The van der Waals surface area contributed by atoms with Gasteiger partial charge < -0.3 is 4.74 Å². The molecule has 2 heteroatoms. The summed E-state index contributed by atoms with van der Waals surface area (Å²) in [5.41, 5.74) is 1.30. The summed E-state index contributed by atoms with van der Waals surface area (Å²) in [6, 6.07) is 9.27. The van der Waals surface area contributed by atoms with Gasteiger partial charge in [0, 0.05) is 17.6 Å². The first-order valence-electron chi connectivity index (χ1n) is 5.17. The lowest BCUT2D eigenvalue weighted by Crippen LogP contribution is -2.39. The highest BCUT2D eigenvalue weighted by molar-refractivity contribution is 5.36. The average Bonchev–Trinajstić information content (AvgIpc) is 2.18. The van der Waals surface area contributed by atoms with E-state index >= 15 is 0 Å². The van der Waals surface area contributed by atoms with Crippen molar-refractivity contribution in [3.63, 3.8) is 0 Å². The van der Waals surface area contributed by atoms with Crippen molar-refractivity contribution < 1.29 is 4.74 Å². The van der Waals surface area contributed by atoms with Crippen LogP contribution in [0.25, 0.3) is 0 Å². The standard InChI is InChI=1S/C12H17NO/c1-9(2)13-8-14-12-7-5-4-6-11(12)10(13)3/h4-7,9-10H,8H2,1-3H3. The molecule has 1 heterocycles. The summed E-state index contributed by atoms with van der Waals surface area (Å²) in [6.45, 7) is 7.35. The Balaban J connectivity index is 2.31. The fourth-order valence-electron chi connectivity index (χ4n) is 1.99. The van der Waals surface area contributed by atoms with Crippen LogP contribution in [0.2, 0.25) is 0 Å². The van der Waals surface area contributed by atoms with E-state index in [0.717, 1.165) is 5.75 Å². The molecule has 1 aliphatic rings. The third-order valence-corrected chi connectivity index (χ3v) is 2.90. The molecule has 0 amide bonds. The number of ether oxygens (including phenoxy) is 1. The summed E-state index contributed by atoms with van der Waals surface area (Å²) in [7, 11) is 0. The quantitative estimate of drug-likeness (QED) is 0.676. The van der Waals surface area contributed by atoms with Gasteiger partial charge in [-0.15, -0.1) is 0 Å². The van der Waals surface area contributed by atoms with Crippen LogP contribution in [0.5, 0.6) is 5.75 Å². The van der Waals surface area contributed by atoms with E-state index in [-0.39, 0.29) is 0 Å². The predicted molar refractivity (Wildman–Crippen MR) is 57.3 cm³/mol. The summed E-state index contributed by atoms with van der Waals surface area (Å²) in [5.74, 6) is 1.04. The van der Waals surface area contributed by atoms with Crippen molar-refractivity contribution in [2.24, 2.45) is 0 Å². The molecule has 0 fully saturated rings. The second-order valence-electron chi connectivity index (χ2n) is 4.10. The van der Waals surface area contributed by atoms with E-state index in [1.165, 1.54) is 5.56 Å². The molecule has 0 aromatic heterocycles. The number of benzene rings is 1. The van der Waals surface area contributed by atoms with Crippen LogP contribution in [0.1, 0.15) is 32.4 Å². The molecule has 0 radical (unpaired) electrons. The molecule has 1 aliphatic heterocycles. The lowest BCUT2D eigenvalue weighted by molar-refractivity contribution is 0.0389. The van der Waals surface area contributed by atoms with Crippen LogP contribution in [0, 0.1) is 0 Å². The minimum atomic E-state index is 0.458. The Morgan fingerprint density at radius 2 is 2.07 bits per heavy atom. The Hall–Kier alpha value is -1.02. The van der Waals surface area contributed by atoms with Crippen molar-refractivity contribution in [2.75, 3.05) is 6.73 Å². The summed E-state index contributed by atoms with van der Waals surface area (Å²) in [5, 5.41) is 0. The van der Waals surface area contributed by atoms with E-state index in [9.17, 15) is 0 Å². The molecule has 1 atom stereocenters. The van der Waals surface area contributed by atoms with Crippen molar-refractivity contribution in [3.8, 4) is 5.75 Å². The SMILES string of the molecule is CC(C)N1COc2ccccc2C1C. The van der Waals surface area contributed by atoms with E-state index in [1.807, 2.05) is 12.1 Å². The van der Waals surface area contributed by atoms with E-state index in [1.54, 1.807) is 0 Å². The Bertz CT molecular complexity index is 322. The molecule has 2 nitrogen and oxygen atoms in total. The van der Waals surface area contributed by atoms with Gasteiger partial charge in [0.05, 0.1) is 0 Å².